The topological polar surface area (TPSA) is 55.5 Å². The van der Waals surface area contributed by atoms with Crippen molar-refractivity contribution >= 4 is 15.9 Å². The third-order valence-electron chi connectivity index (χ3n) is 2.56. The second kappa shape index (κ2) is 4.63. The summed E-state index contributed by atoms with van der Waals surface area (Å²) in [5.74, 6) is 0.553. The van der Waals surface area contributed by atoms with Gasteiger partial charge in [-0.2, -0.15) is 0 Å². The van der Waals surface area contributed by atoms with Gasteiger partial charge in [0.15, 0.2) is 11.5 Å². The van der Waals surface area contributed by atoms with Gasteiger partial charge in [-0.05, 0) is 17.5 Å². The first-order chi connectivity index (χ1) is 7.27. The van der Waals surface area contributed by atoms with Crippen molar-refractivity contribution in [1.29, 1.82) is 0 Å². The van der Waals surface area contributed by atoms with Gasteiger partial charge >= 0.3 is 0 Å². The zero-order valence-electron chi connectivity index (χ0n) is 10.0. The van der Waals surface area contributed by atoms with Crippen LogP contribution in [0.3, 0.4) is 0 Å². The lowest BCUT2D eigenvalue weighted by molar-refractivity contribution is 0.310. The molecule has 16 heavy (non-hydrogen) atoms. The summed E-state index contributed by atoms with van der Waals surface area (Å²) in [4.78, 5) is 0. The van der Waals surface area contributed by atoms with Crippen molar-refractivity contribution in [3.05, 3.63) is 22.2 Å². The van der Waals surface area contributed by atoms with Crippen LogP contribution in [0.25, 0.3) is 0 Å². The molecule has 0 amide bonds. The first kappa shape index (κ1) is 13.3. The maximum atomic E-state index is 10.0. The summed E-state index contributed by atoms with van der Waals surface area (Å²) in [6.45, 7) is 6.10. The molecule has 0 bridgehead atoms. The molecular formula is C12H18BrNO2. The molecule has 3 N–H and O–H groups in total. The normalized spacial score (nSPS) is 13.6. The van der Waals surface area contributed by atoms with Crippen LogP contribution in [-0.2, 0) is 0 Å². The van der Waals surface area contributed by atoms with E-state index in [1.807, 2.05) is 26.8 Å². The number of halogens is 1. The van der Waals surface area contributed by atoms with E-state index in [0.29, 0.717) is 11.3 Å². The van der Waals surface area contributed by atoms with E-state index in [4.69, 9.17) is 10.5 Å². The highest BCUT2D eigenvalue weighted by atomic mass is 79.9. The highest BCUT2D eigenvalue weighted by molar-refractivity contribution is 9.10. The molecule has 1 rings (SSSR count). The minimum atomic E-state index is -0.251. The lowest BCUT2D eigenvalue weighted by atomic mass is 9.82. The molecule has 0 aliphatic heterocycles. The van der Waals surface area contributed by atoms with Crippen molar-refractivity contribution in [2.75, 3.05) is 7.11 Å². The van der Waals surface area contributed by atoms with Gasteiger partial charge in [0.1, 0.15) is 0 Å². The molecule has 0 radical (unpaired) electrons. The molecule has 1 aromatic carbocycles. The van der Waals surface area contributed by atoms with E-state index in [2.05, 4.69) is 15.9 Å². The van der Waals surface area contributed by atoms with Crippen LogP contribution in [0.4, 0.5) is 0 Å². The Bertz CT molecular complexity index is 385. The SMILES string of the molecule is COc1cc(Br)cc([C@H](N)C(C)(C)C)c1O. The molecule has 0 spiro atoms. The largest absolute Gasteiger partial charge is 0.504 e. The van der Waals surface area contributed by atoms with Crippen molar-refractivity contribution in [2.24, 2.45) is 11.1 Å². The smallest absolute Gasteiger partial charge is 0.162 e. The fourth-order valence-corrected chi connectivity index (χ4v) is 1.91. The number of hydrogen-bond acceptors (Lipinski definition) is 3. The summed E-state index contributed by atoms with van der Waals surface area (Å²) in [6.07, 6.45) is 0. The Balaban J connectivity index is 3.28. The van der Waals surface area contributed by atoms with Gasteiger partial charge < -0.3 is 15.6 Å². The predicted molar refractivity (Wildman–Crippen MR) is 68.7 cm³/mol. The van der Waals surface area contributed by atoms with E-state index in [1.54, 1.807) is 6.07 Å². The maximum absolute atomic E-state index is 10.0. The molecule has 0 aliphatic rings. The minimum absolute atomic E-state index is 0.119. The van der Waals surface area contributed by atoms with E-state index in [9.17, 15) is 5.11 Å². The lowest BCUT2D eigenvalue weighted by Gasteiger charge is -2.28. The number of hydrogen-bond donors (Lipinski definition) is 2. The Labute approximate surface area is 105 Å². The molecule has 0 heterocycles. The third-order valence-corrected chi connectivity index (χ3v) is 3.02. The summed E-state index contributed by atoms with van der Waals surface area (Å²) in [5, 5.41) is 10.0. The number of ether oxygens (including phenoxy) is 1. The van der Waals surface area contributed by atoms with Crippen molar-refractivity contribution in [2.45, 2.75) is 26.8 Å². The van der Waals surface area contributed by atoms with Crippen LogP contribution in [0, 0.1) is 5.41 Å². The fourth-order valence-electron chi connectivity index (χ4n) is 1.45. The molecule has 1 atom stereocenters. The predicted octanol–water partition coefficient (Wildman–Crippen LogP) is 3.21. The van der Waals surface area contributed by atoms with Crippen LogP contribution in [0.15, 0.2) is 16.6 Å². The molecule has 0 fully saturated rings. The van der Waals surface area contributed by atoms with Crippen LogP contribution in [-0.4, -0.2) is 12.2 Å². The van der Waals surface area contributed by atoms with Crippen LogP contribution >= 0.6 is 15.9 Å². The van der Waals surface area contributed by atoms with Gasteiger partial charge in [-0.3, -0.25) is 0 Å². The van der Waals surface area contributed by atoms with E-state index in [-0.39, 0.29) is 17.2 Å². The van der Waals surface area contributed by atoms with Crippen LogP contribution < -0.4 is 10.5 Å². The molecule has 3 nitrogen and oxygen atoms in total. The van der Waals surface area contributed by atoms with Crippen molar-refractivity contribution in [3.8, 4) is 11.5 Å². The summed E-state index contributed by atoms with van der Waals surface area (Å²) < 4.78 is 5.94. The number of phenolic OH excluding ortho intramolecular Hbond substituents is 1. The average Bonchev–Trinajstić information content (AvgIpc) is 2.18. The van der Waals surface area contributed by atoms with Gasteiger partial charge in [0.05, 0.1) is 7.11 Å². The molecular weight excluding hydrogens is 270 g/mol. The molecule has 4 heteroatoms. The number of rotatable bonds is 2. The second-order valence-electron chi connectivity index (χ2n) is 4.89. The van der Waals surface area contributed by atoms with Gasteiger partial charge in [0.2, 0.25) is 0 Å². The Kier molecular flexibility index (Phi) is 3.86. The van der Waals surface area contributed by atoms with E-state index < -0.39 is 0 Å². The van der Waals surface area contributed by atoms with Gasteiger partial charge in [0.25, 0.3) is 0 Å². The molecule has 0 saturated carbocycles. The number of nitrogens with two attached hydrogens (primary N) is 1. The molecule has 1 aromatic rings. The first-order valence-electron chi connectivity index (χ1n) is 5.09. The number of methoxy groups -OCH3 is 1. The molecule has 0 unspecified atom stereocenters. The monoisotopic (exact) mass is 287 g/mol. The summed E-state index contributed by atoms with van der Waals surface area (Å²) in [5.41, 5.74) is 6.70. The van der Waals surface area contributed by atoms with Crippen molar-refractivity contribution in [3.63, 3.8) is 0 Å². The van der Waals surface area contributed by atoms with Gasteiger partial charge in [-0.25, -0.2) is 0 Å². The van der Waals surface area contributed by atoms with Crippen molar-refractivity contribution < 1.29 is 9.84 Å². The highest BCUT2D eigenvalue weighted by Gasteiger charge is 2.26. The van der Waals surface area contributed by atoms with E-state index in [0.717, 1.165) is 4.47 Å². The maximum Gasteiger partial charge on any atom is 0.162 e. The van der Waals surface area contributed by atoms with Gasteiger partial charge in [-0.15, -0.1) is 0 Å². The standard InChI is InChI=1S/C12H18BrNO2/c1-12(2,3)11(14)8-5-7(13)6-9(16-4)10(8)15/h5-6,11,15H,14H2,1-4H3/t11-/m0/s1. The lowest BCUT2D eigenvalue weighted by Crippen LogP contribution is -2.26. The van der Waals surface area contributed by atoms with Gasteiger partial charge in [-0.1, -0.05) is 36.7 Å². The zero-order valence-corrected chi connectivity index (χ0v) is 11.6. The number of phenols is 1. The van der Waals surface area contributed by atoms with Crippen LogP contribution in [0.5, 0.6) is 11.5 Å². The third kappa shape index (κ3) is 2.68. The quantitative estimate of drug-likeness (QED) is 0.878. The zero-order chi connectivity index (χ0) is 12.5. The summed E-state index contributed by atoms with van der Waals surface area (Å²) in [6, 6.07) is 3.29. The number of aromatic hydroxyl groups is 1. The Hall–Kier alpha value is -0.740. The number of benzene rings is 1. The van der Waals surface area contributed by atoms with E-state index in [1.165, 1.54) is 7.11 Å². The minimum Gasteiger partial charge on any atom is -0.504 e. The first-order valence-corrected chi connectivity index (χ1v) is 5.88. The second-order valence-corrected chi connectivity index (χ2v) is 5.81. The van der Waals surface area contributed by atoms with E-state index >= 15 is 0 Å². The summed E-state index contributed by atoms with van der Waals surface area (Å²) >= 11 is 3.38. The van der Waals surface area contributed by atoms with Gasteiger partial charge in [0, 0.05) is 16.1 Å². The molecule has 0 saturated heterocycles. The molecule has 90 valence electrons. The van der Waals surface area contributed by atoms with Crippen LogP contribution in [0.1, 0.15) is 32.4 Å². The average molecular weight is 288 g/mol. The Morgan fingerprint density at radius 2 is 1.94 bits per heavy atom. The fraction of sp³-hybridized carbons (Fsp3) is 0.500. The van der Waals surface area contributed by atoms with Crippen molar-refractivity contribution in [1.82, 2.24) is 0 Å². The summed E-state index contributed by atoms with van der Waals surface area (Å²) in [7, 11) is 1.52. The highest BCUT2D eigenvalue weighted by Crippen LogP contribution is 2.41. The van der Waals surface area contributed by atoms with Crippen LogP contribution in [0.2, 0.25) is 0 Å². The molecule has 0 aliphatic carbocycles. The Morgan fingerprint density at radius 1 is 1.38 bits per heavy atom. The molecule has 0 aromatic heterocycles. The Morgan fingerprint density at radius 3 is 2.38 bits per heavy atom.